The number of hydrogen-bond donors (Lipinski definition) is 1. The van der Waals surface area contributed by atoms with E-state index in [1.165, 1.54) is 24.1 Å². The van der Waals surface area contributed by atoms with E-state index in [1.54, 1.807) is 0 Å². The molecule has 0 unspecified atom stereocenters. The average Bonchev–Trinajstić information content (AvgIpc) is 3.27. The monoisotopic (exact) mass is 340 g/mol. The fourth-order valence-electron chi connectivity index (χ4n) is 4.05. The lowest BCUT2D eigenvalue weighted by molar-refractivity contribution is -0.123. The van der Waals surface area contributed by atoms with Crippen LogP contribution in [-0.4, -0.2) is 43.0 Å². The molecule has 5 heteroatoms. The van der Waals surface area contributed by atoms with Gasteiger partial charge in [0, 0.05) is 25.3 Å². The van der Waals surface area contributed by atoms with Crippen molar-refractivity contribution in [2.45, 2.75) is 50.6 Å². The molecule has 1 saturated heterocycles. The Hall–Kier alpha value is -2.06. The Balaban J connectivity index is 1.58. The van der Waals surface area contributed by atoms with E-state index >= 15 is 0 Å². The Morgan fingerprint density at radius 3 is 2.60 bits per heavy atom. The minimum atomic E-state index is -0.634. The number of anilines is 1. The third-order valence-corrected chi connectivity index (χ3v) is 5.34. The molecule has 1 heterocycles. The van der Waals surface area contributed by atoms with Crippen LogP contribution < -0.4 is 10.2 Å². The van der Waals surface area contributed by atoms with Crippen molar-refractivity contribution < 1.29 is 4.79 Å². The predicted octanol–water partition coefficient (Wildman–Crippen LogP) is 2.67. The van der Waals surface area contributed by atoms with Crippen molar-refractivity contribution in [1.82, 2.24) is 10.2 Å². The highest BCUT2D eigenvalue weighted by atomic mass is 16.2. The molecule has 0 spiro atoms. The van der Waals surface area contributed by atoms with Crippen molar-refractivity contribution >= 4 is 11.6 Å². The quantitative estimate of drug-likeness (QED) is 0.865. The molecule has 25 heavy (non-hydrogen) atoms. The number of nitrogens with one attached hydrogen (secondary N) is 1. The first kappa shape index (κ1) is 17.8. The Morgan fingerprint density at radius 1 is 1.24 bits per heavy atom. The van der Waals surface area contributed by atoms with Gasteiger partial charge in [-0.2, -0.15) is 5.26 Å². The van der Waals surface area contributed by atoms with E-state index in [4.69, 9.17) is 0 Å². The number of likely N-dealkylation sites (N-methyl/N-ethyl adjacent to an activating group) is 1. The van der Waals surface area contributed by atoms with E-state index in [0.717, 1.165) is 45.3 Å². The van der Waals surface area contributed by atoms with Crippen molar-refractivity contribution in [1.29, 1.82) is 5.26 Å². The van der Waals surface area contributed by atoms with E-state index < -0.39 is 5.54 Å². The number of nitrogens with zero attached hydrogens (tertiary/aromatic N) is 3. The largest absolute Gasteiger partial charge is 0.371 e. The van der Waals surface area contributed by atoms with E-state index in [1.807, 2.05) is 11.9 Å². The van der Waals surface area contributed by atoms with Gasteiger partial charge in [0.15, 0.2) is 0 Å². The Bertz CT molecular complexity index is 639. The molecular formula is C20H28N4O. The average molecular weight is 340 g/mol. The fourth-order valence-corrected chi connectivity index (χ4v) is 4.05. The third-order valence-electron chi connectivity index (χ3n) is 5.34. The molecule has 1 saturated carbocycles. The summed E-state index contributed by atoms with van der Waals surface area (Å²) in [6.45, 7) is 3.29. The van der Waals surface area contributed by atoms with Crippen LogP contribution in [0.1, 0.15) is 44.1 Å². The molecule has 0 radical (unpaired) electrons. The molecule has 5 nitrogen and oxygen atoms in total. The molecule has 2 fully saturated rings. The maximum absolute atomic E-state index is 12.4. The van der Waals surface area contributed by atoms with Gasteiger partial charge < -0.3 is 10.2 Å². The van der Waals surface area contributed by atoms with Crippen LogP contribution in [0.4, 0.5) is 5.69 Å². The Kier molecular flexibility index (Phi) is 5.60. The van der Waals surface area contributed by atoms with Crippen molar-refractivity contribution in [2.24, 2.45) is 0 Å². The maximum Gasteiger partial charge on any atom is 0.235 e. The van der Waals surface area contributed by atoms with Gasteiger partial charge in [-0.25, -0.2) is 0 Å². The van der Waals surface area contributed by atoms with Gasteiger partial charge in [0.2, 0.25) is 5.91 Å². The Labute approximate surface area is 150 Å². The summed E-state index contributed by atoms with van der Waals surface area (Å²) in [6.07, 6.45) is 6.10. The molecule has 134 valence electrons. The van der Waals surface area contributed by atoms with E-state index in [9.17, 15) is 10.1 Å². The molecular weight excluding hydrogens is 312 g/mol. The summed E-state index contributed by atoms with van der Waals surface area (Å²) in [7, 11) is 1.97. The molecule has 1 aliphatic heterocycles. The molecule has 0 bridgehead atoms. The highest BCUT2D eigenvalue weighted by Crippen LogP contribution is 2.29. The van der Waals surface area contributed by atoms with Gasteiger partial charge in [-0.05, 0) is 57.2 Å². The zero-order valence-electron chi connectivity index (χ0n) is 15.1. The van der Waals surface area contributed by atoms with Gasteiger partial charge in [0.25, 0.3) is 0 Å². The summed E-state index contributed by atoms with van der Waals surface area (Å²) in [5.74, 6) is -0.0513. The number of benzene rings is 1. The summed E-state index contributed by atoms with van der Waals surface area (Å²) >= 11 is 0. The summed E-state index contributed by atoms with van der Waals surface area (Å²) in [4.78, 5) is 16.9. The molecule has 0 aromatic heterocycles. The number of carbonyl (C=O) groups excluding carboxylic acids is 1. The smallest absolute Gasteiger partial charge is 0.235 e. The van der Waals surface area contributed by atoms with Gasteiger partial charge >= 0.3 is 0 Å². The summed E-state index contributed by atoms with van der Waals surface area (Å²) in [6, 6.07) is 10.8. The predicted molar refractivity (Wildman–Crippen MR) is 99.2 cm³/mol. The van der Waals surface area contributed by atoms with Crippen LogP contribution in [0, 0.1) is 11.3 Å². The molecule has 0 atom stereocenters. The molecule has 1 aromatic carbocycles. The number of para-hydroxylation sites is 1. The summed E-state index contributed by atoms with van der Waals surface area (Å²) in [5.41, 5.74) is 1.91. The third kappa shape index (κ3) is 4.32. The zero-order valence-corrected chi connectivity index (χ0v) is 15.1. The Morgan fingerprint density at radius 2 is 1.92 bits per heavy atom. The van der Waals surface area contributed by atoms with Gasteiger partial charge in [-0.15, -0.1) is 0 Å². The van der Waals surface area contributed by atoms with Crippen LogP contribution in [0.15, 0.2) is 24.3 Å². The highest BCUT2D eigenvalue weighted by molar-refractivity contribution is 5.79. The first-order valence-corrected chi connectivity index (χ1v) is 9.36. The standard InChI is InChI=1S/C20H28N4O/c1-23(15-19(25)22-20(16-21)10-4-5-11-20)14-17-8-2-3-9-18(17)24-12-6-7-13-24/h2-3,8-9H,4-7,10-15H2,1H3,(H,22,25). The van der Waals surface area contributed by atoms with Crippen LogP contribution >= 0.6 is 0 Å². The second kappa shape index (κ2) is 7.88. The van der Waals surface area contributed by atoms with Crippen LogP contribution in [0.2, 0.25) is 0 Å². The van der Waals surface area contributed by atoms with Gasteiger partial charge in [0.05, 0.1) is 12.6 Å². The molecule has 1 amide bonds. The van der Waals surface area contributed by atoms with Crippen molar-refractivity contribution in [2.75, 3.05) is 31.6 Å². The molecule has 1 aliphatic carbocycles. The number of rotatable bonds is 6. The van der Waals surface area contributed by atoms with Crippen LogP contribution in [0.5, 0.6) is 0 Å². The SMILES string of the molecule is CN(CC(=O)NC1(C#N)CCCC1)Cc1ccccc1N1CCCC1. The lowest BCUT2D eigenvalue weighted by Crippen LogP contribution is -2.48. The lowest BCUT2D eigenvalue weighted by atomic mass is 10.00. The second-order valence-corrected chi connectivity index (χ2v) is 7.44. The second-order valence-electron chi connectivity index (χ2n) is 7.44. The maximum atomic E-state index is 12.4. The zero-order chi connectivity index (χ0) is 17.7. The molecule has 2 aliphatic rings. The van der Waals surface area contributed by atoms with Crippen molar-refractivity contribution in [3.63, 3.8) is 0 Å². The van der Waals surface area contributed by atoms with Crippen LogP contribution in [0.25, 0.3) is 0 Å². The minimum absolute atomic E-state index is 0.0513. The normalized spacial score (nSPS) is 19.2. The highest BCUT2D eigenvalue weighted by Gasteiger charge is 2.35. The summed E-state index contributed by atoms with van der Waals surface area (Å²) in [5, 5.41) is 12.4. The first-order chi connectivity index (χ1) is 12.1. The van der Waals surface area contributed by atoms with Crippen LogP contribution in [-0.2, 0) is 11.3 Å². The molecule has 1 N–H and O–H groups in total. The van der Waals surface area contributed by atoms with Crippen LogP contribution in [0.3, 0.4) is 0 Å². The lowest BCUT2D eigenvalue weighted by Gasteiger charge is -2.26. The van der Waals surface area contributed by atoms with Crippen molar-refractivity contribution in [3.05, 3.63) is 29.8 Å². The van der Waals surface area contributed by atoms with Crippen molar-refractivity contribution in [3.8, 4) is 6.07 Å². The number of amides is 1. The molecule has 3 rings (SSSR count). The van der Waals surface area contributed by atoms with Gasteiger partial charge in [-0.1, -0.05) is 18.2 Å². The van der Waals surface area contributed by atoms with E-state index in [-0.39, 0.29) is 5.91 Å². The number of carbonyl (C=O) groups is 1. The first-order valence-electron chi connectivity index (χ1n) is 9.36. The minimum Gasteiger partial charge on any atom is -0.371 e. The fraction of sp³-hybridized carbons (Fsp3) is 0.600. The van der Waals surface area contributed by atoms with Gasteiger partial charge in [-0.3, -0.25) is 9.69 Å². The summed E-state index contributed by atoms with van der Waals surface area (Å²) < 4.78 is 0. The number of nitriles is 1. The van der Waals surface area contributed by atoms with Gasteiger partial charge in [0.1, 0.15) is 5.54 Å². The molecule has 1 aromatic rings. The van der Waals surface area contributed by atoms with E-state index in [0.29, 0.717) is 6.54 Å². The van der Waals surface area contributed by atoms with E-state index in [2.05, 4.69) is 40.6 Å². The number of hydrogen-bond acceptors (Lipinski definition) is 4. The topological polar surface area (TPSA) is 59.4 Å².